The molecular weight excluding hydrogens is 347 g/mol. The first-order valence-electron chi connectivity index (χ1n) is 5.72. The zero-order chi connectivity index (χ0) is 13.4. The van der Waals surface area contributed by atoms with Crippen LogP contribution in [0.5, 0.6) is 0 Å². The van der Waals surface area contributed by atoms with Gasteiger partial charge in [0.2, 0.25) is 0 Å². The fourth-order valence-electron chi connectivity index (χ4n) is 2.09. The summed E-state index contributed by atoms with van der Waals surface area (Å²) in [6, 6.07) is 12.6. The van der Waals surface area contributed by atoms with Crippen LogP contribution < -0.4 is 0 Å². The van der Waals surface area contributed by atoms with Crippen molar-refractivity contribution in [2.45, 2.75) is 5.38 Å². The van der Waals surface area contributed by atoms with Crippen molar-refractivity contribution in [1.29, 1.82) is 0 Å². The zero-order valence-corrected chi connectivity index (χ0v) is 12.9. The largest absolute Gasteiger partial charge is 0.207 e. The van der Waals surface area contributed by atoms with Crippen molar-refractivity contribution in [2.75, 3.05) is 0 Å². The summed E-state index contributed by atoms with van der Waals surface area (Å²) in [5, 5.41) is 2.60. The van der Waals surface area contributed by atoms with Gasteiger partial charge in [0.1, 0.15) is 5.82 Å². The molecule has 3 aromatic rings. The molecule has 0 saturated heterocycles. The Bertz CT molecular complexity index is 738. The molecular formula is C15H9BrClFS. The number of alkyl halides is 1. The second kappa shape index (κ2) is 5.23. The Labute approximate surface area is 128 Å². The van der Waals surface area contributed by atoms with Gasteiger partial charge in [0.15, 0.2) is 0 Å². The Morgan fingerprint density at radius 2 is 1.84 bits per heavy atom. The van der Waals surface area contributed by atoms with Crippen molar-refractivity contribution in [3.05, 3.63) is 69.3 Å². The second-order valence-electron chi connectivity index (χ2n) is 4.19. The second-order valence-corrected chi connectivity index (χ2v) is 6.36. The van der Waals surface area contributed by atoms with Gasteiger partial charge in [-0.15, -0.1) is 22.9 Å². The fraction of sp³-hybridized carbons (Fsp3) is 0.0667. The van der Waals surface area contributed by atoms with Crippen LogP contribution in [0.4, 0.5) is 4.39 Å². The quantitative estimate of drug-likeness (QED) is 0.485. The van der Waals surface area contributed by atoms with Crippen molar-refractivity contribution in [1.82, 2.24) is 0 Å². The fourth-order valence-corrected chi connectivity index (χ4v) is 4.17. The Morgan fingerprint density at radius 1 is 1.05 bits per heavy atom. The van der Waals surface area contributed by atoms with Crippen LogP contribution in [-0.2, 0) is 0 Å². The molecule has 4 heteroatoms. The Balaban J connectivity index is 2.15. The highest BCUT2D eigenvalue weighted by atomic mass is 79.9. The van der Waals surface area contributed by atoms with Gasteiger partial charge in [-0.05, 0) is 44.4 Å². The third-order valence-corrected chi connectivity index (χ3v) is 5.47. The molecule has 0 saturated carbocycles. The van der Waals surface area contributed by atoms with Gasteiger partial charge in [0, 0.05) is 14.7 Å². The average Bonchev–Trinajstić information content (AvgIpc) is 2.84. The first kappa shape index (κ1) is 13.1. The van der Waals surface area contributed by atoms with E-state index in [1.807, 2.05) is 23.6 Å². The minimum Gasteiger partial charge on any atom is -0.207 e. The topological polar surface area (TPSA) is 0 Å². The molecule has 1 unspecified atom stereocenters. The Morgan fingerprint density at radius 3 is 2.63 bits per heavy atom. The summed E-state index contributed by atoms with van der Waals surface area (Å²) in [6.45, 7) is 0. The molecule has 0 spiro atoms. The lowest BCUT2D eigenvalue weighted by Crippen LogP contribution is -1.95. The van der Waals surface area contributed by atoms with Gasteiger partial charge in [0.05, 0.1) is 5.38 Å². The first-order chi connectivity index (χ1) is 9.18. The number of hydrogen-bond donors (Lipinski definition) is 0. The monoisotopic (exact) mass is 354 g/mol. The highest BCUT2D eigenvalue weighted by molar-refractivity contribution is 9.10. The molecule has 0 N–H and O–H groups in total. The Hall–Kier alpha value is -0.900. The predicted molar refractivity (Wildman–Crippen MR) is 83.6 cm³/mol. The highest BCUT2D eigenvalue weighted by Gasteiger charge is 2.19. The molecule has 2 aromatic carbocycles. The summed E-state index contributed by atoms with van der Waals surface area (Å²) in [5.74, 6) is -0.267. The molecule has 0 aliphatic carbocycles. The lowest BCUT2D eigenvalue weighted by atomic mass is 10.0. The van der Waals surface area contributed by atoms with Gasteiger partial charge in [-0.1, -0.05) is 30.3 Å². The van der Waals surface area contributed by atoms with Gasteiger partial charge in [0.25, 0.3) is 0 Å². The van der Waals surface area contributed by atoms with Crippen LogP contribution in [0, 0.1) is 5.82 Å². The van der Waals surface area contributed by atoms with Crippen LogP contribution in [-0.4, -0.2) is 0 Å². The molecule has 0 radical (unpaired) electrons. The van der Waals surface area contributed by atoms with Crippen LogP contribution in [0.1, 0.15) is 16.5 Å². The zero-order valence-electron chi connectivity index (χ0n) is 9.74. The van der Waals surface area contributed by atoms with E-state index in [1.54, 1.807) is 29.5 Å². The maximum absolute atomic E-state index is 13.8. The van der Waals surface area contributed by atoms with Gasteiger partial charge in [-0.2, -0.15) is 0 Å². The van der Waals surface area contributed by atoms with Crippen molar-refractivity contribution in [3.8, 4) is 0 Å². The van der Waals surface area contributed by atoms with Gasteiger partial charge >= 0.3 is 0 Å². The van der Waals surface area contributed by atoms with Crippen LogP contribution >= 0.6 is 38.9 Å². The molecule has 3 rings (SSSR count). The summed E-state index contributed by atoms with van der Waals surface area (Å²) >= 11 is 11.6. The van der Waals surface area contributed by atoms with Crippen LogP contribution in [0.2, 0.25) is 0 Å². The summed E-state index contributed by atoms with van der Waals surface area (Å²) in [7, 11) is 0. The lowest BCUT2D eigenvalue weighted by molar-refractivity contribution is 0.612. The summed E-state index contributed by atoms with van der Waals surface area (Å²) in [6.07, 6.45) is 0. The first-order valence-corrected chi connectivity index (χ1v) is 7.83. The molecule has 1 aromatic heterocycles. The normalized spacial score (nSPS) is 12.8. The average molecular weight is 356 g/mol. The van der Waals surface area contributed by atoms with E-state index in [2.05, 4.69) is 15.9 Å². The molecule has 1 heterocycles. The smallest absolute Gasteiger partial charge is 0.128 e. The molecule has 96 valence electrons. The molecule has 0 aliphatic rings. The number of rotatable bonds is 2. The van der Waals surface area contributed by atoms with E-state index in [0.717, 1.165) is 20.1 Å². The summed E-state index contributed by atoms with van der Waals surface area (Å²) in [5.41, 5.74) is 1.47. The lowest BCUT2D eigenvalue weighted by Gasteiger charge is -2.10. The molecule has 19 heavy (non-hydrogen) atoms. The number of thiophene rings is 1. The molecule has 1 atom stereocenters. The van der Waals surface area contributed by atoms with E-state index in [9.17, 15) is 4.39 Å². The van der Waals surface area contributed by atoms with Gasteiger partial charge in [-0.25, -0.2) is 4.39 Å². The third kappa shape index (κ3) is 2.31. The predicted octanol–water partition coefficient (Wildman–Crippen LogP) is 6.13. The van der Waals surface area contributed by atoms with E-state index in [0.29, 0.717) is 5.56 Å². The maximum atomic E-state index is 13.8. The van der Waals surface area contributed by atoms with Crippen molar-refractivity contribution >= 4 is 49.0 Å². The van der Waals surface area contributed by atoms with Gasteiger partial charge in [-0.3, -0.25) is 0 Å². The van der Waals surface area contributed by atoms with Gasteiger partial charge < -0.3 is 0 Å². The number of fused-ring (bicyclic) bond motifs is 1. The Kier molecular flexibility index (Phi) is 3.61. The van der Waals surface area contributed by atoms with E-state index in [4.69, 9.17) is 11.6 Å². The standard InChI is InChI=1S/C15H9BrClFS/c16-12-6-3-5-9-11(8-19-15(9)12)14(17)10-4-1-2-7-13(10)18/h1-8,14H. The molecule has 0 aliphatic heterocycles. The molecule has 0 bridgehead atoms. The summed E-state index contributed by atoms with van der Waals surface area (Å²) in [4.78, 5) is 0. The van der Waals surface area contributed by atoms with E-state index in [-0.39, 0.29) is 5.82 Å². The molecule has 0 amide bonds. The minimum atomic E-state index is -0.468. The molecule has 0 fully saturated rings. The van der Waals surface area contributed by atoms with Crippen LogP contribution in [0.3, 0.4) is 0 Å². The van der Waals surface area contributed by atoms with E-state index >= 15 is 0 Å². The van der Waals surface area contributed by atoms with Crippen LogP contribution in [0.15, 0.2) is 52.3 Å². The van der Waals surface area contributed by atoms with E-state index in [1.165, 1.54) is 6.07 Å². The summed E-state index contributed by atoms with van der Waals surface area (Å²) < 4.78 is 16.0. The number of hydrogen-bond acceptors (Lipinski definition) is 1. The SMILES string of the molecule is Fc1ccccc1C(Cl)c1csc2c(Br)cccc12. The van der Waals surface area contributed by atoms with Crippen molar-refractivity contribution in [3.63, 3.8) is 0 Å². The van der Waals surface area contributed by atoms with Crippen LogP contribution in [0.25, 0.3) is 10.1 Å². The third-order valence-electron chi connectivity index (χ3n) is 3.03. The van der Waals surface area contributed by atoms with E-state index < -0.39 is 5.38 Å². The maximum Gasteiger partial charge on any atom is 0.128 e. The minimum absolute atomic E-state index is 0.267. The van der Waals surface area contributed by atoms with Crippen molar-refractivity contribution in [2.24, 2.45) is 0 Å². The molecule has 0 nitrogen and oxygen atoms in total. The highest BCUT2D eigenvalue weighted by Crippen LogP contribution is 2.40. The number of benzene rings is 2. The number of halogens is 3. The van der Waals surface area contributed by atoms with Crippen molar-refractivity contribution < 1.29 is 4.39 Å².